The van der Waals surface area contributed by atoms with Gasteiger partial charge in [0.25, 0.3) is 0 Å². The first-order chi connectivity index (χ1) is 19.4. The predicted molar refractivity (Wildman–Crippen MR) is 156 cm³/mol. The number of hydrogen-bond acceptors (Lipinski definition) is 5. The largest absolute Gasteiger partial charge is 0.446 e. The van der Waals surface area contributed by atoms with Crippen LogP contribution in [0.3, 0.4) is 0 Å². The van der Waals surface area contributed by atoms with E-state index in [2.05, 4.69) is 12.6 Å². The summed E-state index contributed by atoms with van der Waals surface area (Å²) in [5.41, 5.74) is -2.56. The summed E-state index contributed by atoms with van der Waals surface area (Å²) in [6.07, 6.45) is 5.36. The second kappa shape index (κ2) is 9.77. The Bertz CT molecular complexity index is 1470. The first-order valence-electron chi connectivity index (χ1n) is 14.4. The van der Waals surface area contributed by atoms with Gasteiger partial charge in [0, 0.05) is 16.7 Å². The van der Waals surface area contributed by atoms with Gasteiger partial charge in [-0.05, 0) is 86.8 Å². The highest BCUT2D eigenvalue weighted by atomic mass is 32.1. The highest BCUT2D eigenvalue weighted by molar-refractivity contribution is 7.96. The Morgan fingerprint density at radius 3 is 2.39 bits per heavy atom. The molecule has 1 N–H and O–H groups in total. The zero-order valence-corrected chi connectivity index (χ0v) is 24.2. The molecule has 4 aliphatic carbocycles. The monoisotopic (exact) mass is 574 g/mol. The molecule has 7 atom stereocenters. The van der Waals surface area contributed by atoms with E-state index in [9.17, 15) is 19.5 Å². The van der Waals surface area contributed by atoms with Crippen molar-refractivity contribution in [2.75, 3.05) is 0 Å². The fraction of sp³-hybridized carbons (Fsp3) is 0.441. The lowest BCUT2D eigenvalue weighted by atomic mass is 9.45. The average Bonchev–Trinajstić information content (AvgIpc) is 3.23. The second-order valence-corrected chi connectivity index (χ2v) is 13.1. The number of benzene rings is 2. The smallest absolute Gasteiger partial charge is 0.339 e. The van der Waals surface area contributed by atoms with E-state index in [4.69, 9.17) is 4.74 Å². The zero-order valence-electron chi connectivity index (χ0n) is 23.3. The van der Waals surface area contributed by atoms with Gasteiger partial charge in [0.15, 0.2) is 17.1 Å². The number of allylic oxidation sites excluding steroid dienone is 4. The number of ether oxygens (including phenoxy) is 1. The molecule has 4 aliphatic rings. The molecule has 2 aromatic carbocycles. The molecule has 0 heterocycles. The number of carbonyl (C=O) groups is 3. The number of thiol groups is 1. The average molecular weight is 575 g/mol. The van der Waals surface area contributed by atoms with Gasteiger partial charge >= 0.3 is 5.97 Å². The summed E-state index contributed by atoms with van der Waals surface area (Å²) in [6.45, 7) is 3.60. The number of fused-ring (bicyclic) bond motifs is 5. The predicted octanol–water partition coefficient (Wildman–Crippen LogP) is 6.00. The van der Waals surface area contributed by atoms with E-state index in [-0.39, 0.29) is 24.5 Å². The number of ketones is 1. The summed E-state index contributed by atoms with van der Waals surface area (Å²) in [5.74, 6) is -1.71. The molecule has 1 unspecified atom stereocenters. The molecule has 5 nitrogen and oxygen atoms in total. The number of carbonyl (C=O) groups excluding carboxylic acids is 3. The lowest BCUT2D eigenvalue weighted by molar-refractivity contribution is -0.214. The molecule has 0 spiro atoms. The zero-order chi connectivity index (χ0) is 29.2. The summed E-state index contributed by atoms with van der Waals surface area (Å²) in [5, 5.41) is 11.0. The molecular formula is C34H35FO5S. The molecule has 214 valence electrons. The number of halogens is 1. The van der Waals surface area contributed by atoms with E-state index in [1.165, 1.54) is 12.2 Å². The van der Waals surface area contributed by atoms with Gasteiger partial charge in [-0.25, -0.2) is 9.18 Å². The van der Waals surface area contributed by atoms with Crippen molar-refractivity contribution < 1.29 is 28.6 Å². The quantitative estimate of drug-likeness (QED) is 0.338. The van der Waals surface area contributed by atoms with Gasteiger partial charge in [0.05, 0.1) is 11.7 Å². The summed E-state index contributed by atoms with van der Waals surface area (Å²) in [4.78, 5) is 38.9. The Hall–Kier alpha value is -3.03. The van der Waals surface area contributed by atoms with Crippen LogP contribution >= 0.6 is 12.6 Å². The van der Waals surface area contributed by atoms with E-state index in [1.807, 2.05) is 49.4 Å². The fourth-order valence-electron chi connectivity index (χ4n) is 8.57. The normalized spacial score (nSPS) is 37.4. The van der Waals surface area contributed by atoms with Crippen molar-refractivity contribution in [2.24, 2.45) is 22.7 Å². The van der Waals surface area contributed by atoms with Crippen LogP contribution in [0.2, 0.25) is 0 Å². The minimum Gasteiger partial charge on any atom is -0.446 e. The Balaban J connectivity index is 1.29. The molecule has 0 amide bonds. The van der Waals surface area contributed by atoms with E-state index < -0.39 is 45.2 Å². The van der Waals surface area contributed by atoms with Gasteiger partial charge in [-0.1, -0.05) is 61.0 Å². The van der Waals surface area contributed by atoms with Crippen LogP contribution in [0.15, 0.2) is 78.4 Å². The third-order valence-electron chi connectivity index (χ3n) is 10.8. The molecule has 0 aromatic heterocycles. The fourth-order valence-corrected chi connectivity index (χ4v) is 8.98. The van der Waals surface area contributed by atoms with Gasteiger partial charge in [0.1, 0.15) is 0 Å². The van der Waals surface area contributed by atoms with Crippen molar-refractivity contribution in [3.63, 3.8) is 0 Å². The van der Waals surface area contributed by atoms with Crippen LogP contribution in [0.4, 0.5) is 4.39 Å². The maximum Gasteiger partial charge on any atom is 0.339 e. The second-order valence-electron chi connectivity index (χ2n) is 12.7. The van der Waals surface area contributed by atoms with Crippen molar-refractivity contribution in [2.45, 2.75) is 69.7 Å². The van der Waals surface area contributed by atoms with Crippen molar-refractivity contribution in [3.05, 3.63) is 95.1 Å². The standard InChI is InChI=1S/C34H35FO5S/c1-31-16-14-25(36)19-24(31)12-13-27-26-15-17-33(30(39)41,32(26,2)20-28(37)34(27,31)35)40-29(38)23-10-8-22(9-11-23)18-21-6-4-3-5-7-21/h3-11,14,16,19,26-28,37H,12-13,15,17-18,20H2,1-2H3,(H,39,41)/t26-,27-,28-,31-,32-,33+,34?/m0/s1. The molecule has 6 rings (SSSR count). The first-order valence-corrected chi connectivity index (χ1v) is 14.8. The number of aliphatic hydroxyl groups is 1. The highest BCUT2D eigenvalue weighted by Gasteiger charge is 2.75. The van der Waals surface area contributed by atoms with Crippen LogP contribution in [-0.4, -0.2) is 39.3 Å². The van der Waals surface area contributed by atoms with E-state index >= 15 is 4.39 Å². The van der Waals surface area contributed by atoms with Gasteiger partial charge in [-0.2, -0.15) is 0 Å². The number of rotatable bonds is 5. The number of esters is 1. The third kappa shape index (κ3) is 4.03. The van der Waals surface area contributed by atoms with Crippen LogP contribution < -0.4 is 0 Å². The third-order valence-corrected chi connectivity index (χ3v) is 11.2. The summed E-state index contributed by atoms with van der Waals surface area (Å²) in [6, 6.07) is 17.1. The molecule has 3 fully saturated rings. The molecule has 0 aliphatic heterocycles. The summed E-state index contributed by atoms with van der Waals surface area (Å²) in [7, 11) is 0. The van der Waals surface area contributed by atoms with E-state index in [0.717, 1.165) is 17.5 Å². The minimum absolute atomic E-state index is 0.0646. The highest BCUT2D eigenvalue weighted by Crippen LogP contribution is 2.70. The summed E-state index contributed by atoms with van der Waals surface area (Å²) >= 11 is 4.23. The lowest BCUT2D eigenvalue weighted by Gasteiger charge is -2.62. The molecule has 3 saturated carbocycles. The van der Waals surface area contributed by atoms with Crippen LogP contribution in [0, 0.1) is 22.7 Å². The SMILES string of the molecule is C[C@]12C=CC(=O)C=C1CC[C@H]1[C@@H]3CC[C@@](OC(=O)c4ccc(Cc5ccccc5)cc4)(C(=O)S)[C@@]3(C)C[C@H](O)C12F. The molecule has 7 heteroatoms. The van der Waals surface area contributed by atoms with Crippen LogP contribution in [0.25, 0.3) is 0 Å². The molecule has 0 saturated heterocycles. The first kappa shape index (κ1) is 28.1. The van der Waals surface area contributed by atoms with Crippen LogP contribution in [0.5, 0.6) is 0 Å². The van der Waals surface area contributed by atoms with Gasteiger partial charge in [-0.3, -0.25) is 9.59 Å². The van der Waals surface area contributed by atoms with Crippen molar-refractivity contribution in [3.8, 4) is 0 Å². The lowest BCUT2D eigenvalue weighted by Crippen LogP contribution is -2.69. The van der Waals surface area contributed by atoms with Gasteiger partial charge < -0.3 is 9.84 Å². The Morgan fingerprint density at radius 1 is 1.02 bits per heavy atom. The maximum absolute atomic E-state index is 17.4. The van der Waals surface area contributed by atoms with Crippen LogP contribution in [0.1, 0.15) is 67.4 Å². The molecule has 0 bridgehead atoms. The van der Waals surface area contributed by atoms with Gasteiger partial charge in [-0.15, -0.1) is 12.6 Å². The Kier molecular flexibility index (Phi) is 6.70. The molecule has 2 aromatic rings. The Labute approximate surface area is 245 Å². The summed E-state index contributed by atoms with van der Waals surface area (Å²) < 4.78 is 23.5. The maximum atomic E-state index is 17.4. The van der Waals surface area contributed by atoms with E-state index in [0.29, 0.717) is 30.4 Å². The molecular weight excluding hydrogens is 539 g/mol. The van der Waals surface area contributed by atoms with Crippen molar-refractivity contribution in [1.29, 1.82) is 0 Å². The Morgan fingerprint density at radius 2 is 1.71 bits per heavy atom. The van der Waals surface area contributed by atoms with Crippen molar-refractivity contribution >= 4 is 29.5 Å². The topological polar surface area (TPSA) is 80.7 Å². The van der Waals surface area contributed by atoms with Gasteiger partial charge in [0.2, 0.25) is 5.12 Å². The minimum atomic E-state index is -2.02. The number of aliphatic hydroxyl groups excluding tert-OH is 1. The molecule has 0 radical (unpaired) electrons. The number of alkyl halides is 1. The van der Waals surface area contributed by atoms with Crippen LogP contribution in [-0.2, 0) is 20.7 Å². The van der Waals surface area contributed by atoms with E-state index in [1.54, 1.807) is 25.1 Å². The van der Waals surface area contributed by atoms with Crippen molar-refractivity contribution in [1.82, 2.24) is 0 Å². The number of hydrogen-bond donors (Lipinski definition) is 2. The molecule has 41 heavy (non-hydrogen) atoms.